The van der Waals surface area contributed by atoms with E-state index in [-0.39, 0.29) is 17.9 Å². The predicted octanol–water partition coefficient (Wildman–Crippen LogP) is 4.14. The Morgan fingerprint density at radius 2 is 1.34 bits per heavy atom. The highest BCUT2D eigenvalue weighted by Gasteiger charge is 2.13. The van der Waals surface area contributed by atoms with Gasteiger partial charge >= 0.3 is 11.9 Å². The van der Waals surface area contributed by atoms with E-state index >= 15 is 0 Å². The third-order valence-corrected chi connectivity index (χ3v) is 4.68. The van der Waals surface area contributed by atoms with Crippen LogP contribution >= 0.6 is 0 Å². The van der Waals surface area contributed by atoms with Crippen LogP contribution in [0.1, 0.15) is 36.6 Å². The Hall–Kier alpha value is -4.13. The van der Waals surface area contributed by atoms with Crippen LogP contribution in [0.5, 0.6) is 17.2 Å². The molecule has 3 aromatic rings. The minimum absolute atomic E-state index is 0.133. The Morgan fingerprint density at radius 1 is 0.781 bits per heavy atom. The number of carbonyl (C=O) groups excluding carboxylic acids is 3. The fourth-order valence-electron chi connectivity index (χ4n) is 2.90. The van der Waals surface area contributed by atoms with E-state index in [1.807, 2.05) is 0 Å². The van der Waals surface area contributed by atoms with E-state index in [2.05, 4.69) is 0 Å². The lowest BCUT2D eigenvalue weighted by Crippen LogP contribution is -2.10. The first-order chi connectivity index (χ1) is 15.5. The van der Waals surface area contributed by atoms with Crippen LogP contribution < -0.4 is 14.2 Å². The number of rotatable bonds is 9. The molecule has 0 saturated carbocycles. The molecule has 0 fully saturated rings. The zero-order valence-electron chi connectivity index (χ0n) is 17.7. The molecule has 0 spiro atoms. The van der Waals surface area contributed by atoms with Crippen LogP contribution in [0.25, 0.3) is 0 Å². The van der Waals surface area contributed by atoms with Crippen molar-refractivity contribution in [2.45, 2.75) is 6.42 Å². The van der Waals surface area contributed by atoms with E-state index < -0.39 is 11.9 Å². The third-order valence-electron chi connectivity index (χ3n) is 4.68. The van der Waals surface area contributed by atoms with Gasteiger partial charge < -0.3 is 18.9 Å². The summed E-state index contributed by atoms with van der Waals surface area (Å²) in [6.07, 6.45) is 1.01. The largest absolute Gasteiger partial charge is 0.497 e. The van der Waals surface area contributed by atoms with Crippen molar-refractivity contribution in [2.75, 3.05) is 20.8 Å². The maximum atomic E-state index is 12.3. The normalized spacial score (nSPS) is 10.2. The molecule has 0 aromatic heterocycles. The van der Waals surface area contributed by atoms with Crippen LogP contribution in [0.15, 0.2) is 66.7 Å². The zero-order valence-corrected chi connectivity index (χ0v) is 17.7. The van der Waals surface area contributed by atoms with E-state index in [9.17, 15) is 14.4 Å². The van der Waals surface area contributed by atoms with Crippen LogP contribution in [0.2, 0.25) is 0 Å². The molecule has 0 aliphatic heterocycles. The fourth-order valence-corrected chi connectivity index (χ4v) is 2.90. The molecule has 0 radical (unpaired) electrons. The number of aldehydes is 1. The van der Waals surface area contributed by atoms with Crippen molar-refractivity contribution in [3.63, 3.8) is 0 Å². The number of benzene rings is 3. The summed E-state index contributed by atoms with van der Waals surface area (Å²) in [5, 5.41) is 0. The number of ether oxygens (including phenoxy) is 4. The number of carbonyl (C=O) groups is 3. The monoisotopic (exact) mass is 434 g/mol. The van der Waals surface area contributed by atoms with Gasteiger partial charge in [-0.05, 0) is 66.2 Å². The molecule has 0 N–H and O–H groups in total. The van der Waals surface area contributed by atoms with Crippen molar-refractivity contribution in [3.05, 3.63) is 89.0 Å². The van der Waals surface area contributed by atoms with E-state index in [0.29, 0.717) is 35.3 Å². The lowest BCUT2D eigenvalue weighted by atomic mass is 10.1. The van der Waals surface area contributed by atoms with Gasteiger partial charge in [0.05, 0.1) is 37.5 Å². The summed E-state index contributed by atoms with van der Waals surface area (Å²) in [6, 6.07) is 17.9. The first-order valence-corrected chi connectivity index (χ1v) is 9.79. The van der Waals surface area contributed by atoms with Gasteiger partial charge in [-0.3, -0.25) is 4.79 Å². The Balaban J connectivity index is 1.58. The summed E-state index contributed by atoms with van der Waals surface area (Å²) in [5.74, 6) is 0.382. The fraction of sp³-hybridized carbons (Fsp3) is 0.160. The second-order valence-electron chi connectivity index (χ2n) is 6.72. The van der Waals surface area contributed by atoms with Crippen molar-refractivity contribution in [3.8, 4) is 17.2 Å². The average molecular weight is 434 g/mol. The quantitative estimate of drug-likeness (QED) is 0.284. The van der Waals surface area contributed by atoms with Gasteiger partial charge in [-0.25, -0.2) is 9.59 Å². The molecule has 0 saturated heterocycles. The number of hydrogen-bond donors (Lipinski definition) is 0. The summed E-state index contributed by atoms with van der Waals surface area (Å²) in [6.45, 7) is 0.133. The van der Waals surface area contributed by atoms with Gasteiger partial charge in [0.1, 0.15) is 17.2 Å². The Kier molecular flexibility index (Phi) is 7.59. The van der Waals surface area contributed by atoms with Gasteiger partial charge in [0.25, 0.3) is 0 Å². The van der Waals surface area contributed by atoms with Gasteiger partial charge in [-0.1, -0.05) is 6.07 Å². The molecule has 0 aliphatic rings. The SMILES string of the molecule is COc1ccc(C(=O)OCCc2ccc(OC(=O)c3ccc(OC)cc3)c(C=O)c2)cc1. The van der Waals surface area contributed by atoms with Crippen molar-refractivity contribution >= 4 is 18.2 Å². The molecule has 7 heteroatoms. The second-order valence-corrected chi connectivity index (χ2v) is 6.72. The predicted molar refractivity (Wildman–Crippen MR) is 117 cm³/mol. The maximum Gasteiger partial charge on any atom is 0.343 e. The van der Waals surface area contributed by atoms with Crippen LogP contribution in [-0.2, 0) is 11.2 Å². The Bertz CT molecular complexity index is 1090. The van der Waals surface area contributed by atoms with E-state index in [1.54, 1.807) is 73.8 Å². The minimum Gasteiger partial charge on any atom is -0.497 e. The summed E-state index contributed by atoms with van der Waals surface area (Å²) in [7, 11) is 3.08. The maximum absolute atomic E-state index is 12.3. The number of esters is 2. The van der Waals surface area contributed by atoms with Crippen LogP contribution in [0, 0.1) is 0 Å². The van der Waals surface area contributed by atoms with Gasteiger partial charge in [0.2, 0.25) is 0 Å². The summed E-state index contributed by atoms with van der Waals surface area (Å²) in [4.78, 5) is 36.0. The third kappa shape index (κ3) is 5.72. The molecule has 0 amide bonds. The molecule has 3 aromatic carbocycles. The van der Waals surface area contributed by atoms with Gasteiger partial charge in [-0.2, -0.15) is 0 Å². The number of hydrogen-bond acceptors (Lipinski definition) is 7. The summed E-state index contributed by atoms with van der Waals surface area (Å²) >= 11 is 0. The molecule has 0 bridgehead atoms. The average Bonchev–Trinajstić information content (AvgIpc) is 2.84. The van der Waals surface area contributed by atoms with Crippen molar-refractivity contribution in [1.82, 2.24) is 0 Å². The summed E-state index contributed by atoms with van der Waals surface area (Å²) in [5.41, 5.74) is 1.74. The van der Waals surface area contributed by atoms with Crippen molar-refractivity contribution in [2.24, 2.45) is 0 Å². The molecule has 3 rings (SSSR count). The van der Waals surface area contributed by atoms with Crippen LogP contribution in [-0.4, -0.2) is 39.1 Å². The minimum atomic E-state index is -0.586. The molecule has 0 aliphatic carbocycles. The number of methoxy groups -OCH3 is 2. The van der Waals surface area contributed by atoms with E-state index in [1.165, 1.54) is 7.11 Å². The van der Waals surface area contributed by atoms with E-state index in [0.717, 1.165) is 5.56 Å². The van der Waals surface area contributed by atoms with E-state index in [4.69, 9.17) is 18.9 Å². The van der Waals surface area contributed by atoms with Crippen molar-refractivity contribution < 1.29 is 33.3 Å². The molecular weight excluding hydrogens is 412 g/mol. The Labute approximate surface area is 185 Å². The first-order valence-electron chi connectivity index (χ1n) is 9.79. The van der Waals surface area contributed by atoms with Gasteiger partial charge in [0, 0.05) is 6.42 Å². The molecule has 0 heterocycles. The zero-order chi connectivity index (χ0) is 22.9. The lowest BCUT2D eigenvalue weighted by molar-refractivity contribution is 0.0508. The highest BCUT2D eigenvalue weighted by atomic mass is 16.5. The van der Waals surface area contributed by atoms with Crippen LogP contribution in [0.4, 0.5) is 0 Å². The first kappa shape index (κ1) is 22.6. The molecule has 32 heavy (non-hydrogen) atoms. The molecular formula is C25H22O7. The highest BCUT2D eigenvalue weighted by molar-refractivity contribution is 5.92. The summed E-state index contributed by atoms with van der Waals surface area (Å²) < 4.78 is 20.8. The second kappa shape index (κ2) is 10.8. The highest BCUT2D eigenvalue weighted by Crippen LogP contribution is 2.21. The van der Waals surface area contributed by atoms with Gasteiger partial charge in [0.15, 0.2) is 6.29 Å². The standard InChI is InChI=1S/C25H22O7/c1-29-21-8-4-18(5-9-21)24(27)31-14-13-17-3-12-23(20(15-17)16-26)32-25(28)19-6-10-22(30-2)11-7-19/h3-12,15-16H,13-14H2,1-2H3. The molecule has 164 valence electrons. The lowest BCUT2D eigenvalue weighted by Gasteiger charge is -2.10. The topological polar surface area (TPSA) is 88.1 Å². The molecule has 7 nitrogen and oxygen atoms in total. The molecule has 0 atom stereocenters. The van der Waals surface area contributed by atoms with Crippen LogP contribution in [0.3, 0.4) is 0 Å². The van der Waals surface area contributed by atoms with Gasteiger partial charge in [-0.15, -0.1) is 0 Å². The Morgan fingerprint density at radius 3 is 1.88 bits per heavy atom. The smallest absolute Gasteiger partial charge is 0.343 e. The molecule has 0 unspecified atom stereocenters. The van der Waals surface area contributed by atoms with Crippen molar-refractivity contribution in [1.29, 1.82) is 0 Å².